The van der Waals surface area contributed by atoms with Crippen LogP contribution in [0.3, 0.4) is 0 Å². The van der Waals surface area contributed by atoms with E-state index >= 15 is 0 Å². The molecule has 32 heavy (non-hydrogen) atoms. The molecule has 7 heteroatoms. The van der Waals surface area contributed by atoms with Crippen LogP contribution in [0, 0.1) is 0 Å². The lowest BCUT2D eigenvalue weighted by atomic mass is 10.0. The highest BCUT2D eigenvalue weighted by atomic mass is 16.5. The molecule has 162 valence electrons. The van der Waals surface area contributed by atoms with E-state index < -0.39 is 11.6 Å². The number of benzene rings is 3. The van der Waals surface area contributed by atoms with E-state index in [1.165, 1.54) is 33.5 Å². The standard InChI is InChI=1S/C25H20O7/c1-28-20-14-18-22(24(30-3)23(20)29-2)17-11-10-16(13-19(17)32-25(18)27)31-21(26)12-9-15-7-5-4-6-8-15/h4-14H,1-3H3/b12-9+. The van der Waals surface area contributed by atoms with Crippen LogP contribution in [0.4, 0.5) is 0 Å². The summed E-state index contributed by atoms with van der Waals surface area (Å²) in [6.07, 6.45) is 2.98. The molecule has 0 saturated heterocycles. The summed E-state index contributed by atoms with van der Waals surface area (Å²) in [6, 6.07) is 15.7. The second-order valence-corrected chi connectivity index (χ2v) is 6.78. The molecule has 0 radical (unpaired) electrons. The van der Waals surface area contributed by atoms with E-state index in [1.54, 1.807) is 24.3 Å². The highest BCUT2D eigenvalue weighted by Crippen LogP contribution is 2.45. The monoisotopic (exact) mass is 432 g/mol. The number of hydrogen-bond donors (Lipinski definition) is 0. The van der Waals surface area contributed by atoms with Crippen LogP contribution >= 0.6 is 0 Å². The van der Waals surface area contributed by atoms with Gasteiger partial charge in [0, 0.05) is 22.9 Å². The number of esters is 1. The Balaban J connectivity index is 1.76. The molecule has 1 heterocycles. The molecule has 0 fully saturated rings. The van der Waals surface area contributed by atoms with Crippen LogP contribution in [-0.4, -0.2) is 27.3 Å². The van der Waals surface area contributed by atoms with Crippen molar-refractivity contribution in [3.05, 3.63) is 76.7 Å². The Bertz CT molecular complexity index is 1380. The van der Waals surface area contributed by atoms with Crippen molar-refractivity contribution >= 4 is 33.8 Å². The molecule has 0 atom stereocenters. The lowest BCUT2D eigenvalue weighted by molar-refractivity contribution is -0.128. The van der Waals surface area contributed by atoms with Crippen molar-refractivity contribution in [3.8, 4) is 23.0 Å². The summed E-state index contributed by atoms with van der Waals surface area (Å²) in [4.78, 5) is 24.9. The minimum atomic E-state index is -0.584. The second kappa shape index (κ2) is 8.85. The molecular formula is C25H20O7. The van der Waals surface area contributed by atoms with E-state index in [9.17, 15) is 9.59 Å². The maximum Gasteiger partial charge on any atom is 0.344 e. The fourth-order valence-corrected chi connectivity index (χ4v) is 3.48. The van der Waals surface area contributed by atoms with Gasteiger partial charge >= 0.3 is 11.6 Å². The molecule has 0 aliphatic heterocycles. The van der Waals surface area contributed by atoms with Gasteiger partial charge in [0.2, 0.25) is 5.75 Å². The van der Waals surface area contributed by atoms with Crippen molar-refractivity contribution in [3.63, 3.8) is 0 Å². The van der Waals surface area contributed by atoms with Gasteiger partial charge in [0.25, 0.3) is 0 Å². The zero-order valence-corrected chi connectivity index (χ0v) is 17.7. The number of ether oxygens (including phenoxy) is 4. The van der Waals surface area contributed by atoms with Gasteiger partial charge in [-0.3, -0.25) is 0 Å². The predicted molar refractivity (Wildman–Crippen MR) is 121 cm³/mol. The maximum absolute atomic E-state index is 12.7. The quantitative estimate of drug-likeness (QED) is 0.145. The van der Waals surface area contributed by atoms with Crippen molar-refractivity contribution in [2.75, 3.05) is 21.3 Å². The van der Waals surface area contributed by atoms with Gasteiger partial charge in [-0.1, -0.05) is 30.3 Å². The van der Waals surface area contributed by atoms with Crippen LogP contribution < -0.4 is 24.6 Å². The Morgan fingerprint density at radius 3 is 2.31 bits per heavy atom. The zero-order valence-electron chi connectivity index (χ0n) is 17.7. The summed E-state index contributed by atoms with van der Waals surface area (Å²) in [5.74, 6) is 0.730. The second-order valence-electron chi connectivity index (χ2n) is 6.78. The zero-order chi connectivity index (χ0) is 22.7. The molecular weight excluding hydrogens is 412 g/mol. The Morgan fingerprint density at radius 2 is 1.62 bits per heavy atom. The van der Waals surface area contributed by atoms with Gasteiger partial charge in [0.15, 0.2) is 11.5 Å². The Labute approximate surface area is 183 Å². The summed E-state index contributed by atoms with van der Waals surface area (Å²) < 4.78 is 27.2. The van der Waals surface area contributed by atoms with Gasteiger partial charge in [-0.15, -0.1) is 0 Å². The van der Waals surface area contributed by atoms with Gasteiger partial charge in [-0.25, -0.2) is 9.59 Å². The van der Waals surface area contributed by atoms with Crippen LogP contribution in [0.15, 0.2) is 69.9 Å². The molecule has 4 rings (SSSR count). The largest absolute Gasteiger partial charge is 0.493 e. The van der Waals surface area contributed by atoms with Crippen molar-refractivity contribution in [2.45, 2.75) is 0 Å². The average Bonchev–Trinajstić information content (AvgIpc) is 2.82. The highest BCUT2D eigenvalue weighted by Gasteiger charge is 2.21. The first-order valence-electron chi connectivity index (χ1n) is 9.70. The molecule has 1 aromatic heterocycles. The van der Waals surface area contributed by atoms with Gasteiger partial charge in [-0.05, 0) is 29.8 Å². The fourth-order valence-electron chi connectivity index (χ4n) is 3.48. The fraction of sp³-hybridized carbons (Fsp3) is 0.120. The number of carbonyl (C=O) groups is 1. The number of hydrogen-bond acceptors (Lipinski definition) is 7. The number of carbonyl (C=O) groups excluding carboxylic acids is 1. The third kappa shape index (κ3) is 3.88. The average molecular weight is 432 g/mol. The lowest BCUT2D eigenvalue weighted by Crippen LogP contribution is -2.05. The Morgan fingerprint density at radius 1 is 0.875 bits per heavy atom. The normalized spacial score (nSPS) is 11.1. The maximum atomic E-state index is 12.7. The summed E-state index contributed by atoms with van der Waals surface area (Å²) in [6.45, 7) is 0. The van der Waals surface area contributed by atoms with Crippen molar-refractivity contribution in [2.24, 2.45) is 0 Å². The van der Waals surface area contributed by atoms with Crippen LogP contribution in [0.5, 0.6) is 23.0 Å². The van der Waals surface area contributed by atoms with Crippen LogP contribution in [0.1, 0.15) is 5.56 Å². The lowest BCUT2D eigenvalue weighted by Gasteiger charge is -2.15. The molecule has 7 nitrogen and oxygen atoms in total. The van der Waals surface area contributed by atoms with Gasteiger partial charge in [0.1, 0.15) is 11.3 Å². The number of methoxy groups -OCH3 is 3. The minimum Gasteiger partial charge on any atom is -0.493 e. The topological polar surface area (TPSA) is 84.2 Å². The third-order valence-electron chi connectivity index (χ3n) is 4.90. The minimum absolute atomic E-state index is 0.238. The molecule has 0 aliphatic rings. The smallest absolute Gasteiger partial charge is 0.344 e. The predicted octanol–water partition coefficient (Wildman–Crippen LogP) is 4.59. The van der Waals surface area contributed by atoms with Gasteiger partial charge in [-0.2, -0.15) is 0 Å². The summed E-state index contributed by atoms with van der Waals surface area (Å²) in [7, 11) is 4.44. The van der Waals surface area contributed by atoms with Crippen molar-refractivity contribution in [1.82, 2.24) is 0 Å². The van der Waals surface area contributed by atoms with Crippen LogP contribution in [0.2, 0.25) is 0 Å². The molecule has 0 N–H and O–H groups in total. The van der Waals surface area contributed by atoms with E-state index in [2.05, 4.69) is 0 Å². The van der Waals surface area contributed by atoms with E-state index in [0.717, 1.165) is 5.56 Å². The van der Waals surface area contributed by atoms with Crippen molar-refractivity contribution < 1.29 is 28.2 Å². The SMILES string of the molecule is COc1cc2c(=O)oc3cc(OC(=O)/C=C/c4ccccc4)ccc3c2c(OC)c1OC. The van der Waals surface area contributed by atoms with E-state index in [0.29, 0.717) is 28.0 Å². The molecule has 0 aliphatic carbocycles. The molecule has 0 spiro atoms. The molecule has 0 bridgehead atoms. The molecule has 3 aromatic carbocycles. The summed E-state index contributed by atoms with van der Waals surface area (Å²) in [5.41, 5.74) is 0.529. The van der Waals surface area contributed by atoms with E-state index in [4.69, 9.17) is 23.4 Å². The molecule has 4 aromatic rings. The summed E-state index contributed by atoms with van der Waals surface area (Å²) >= 11 is 0. The Hall–Kier alpha value is -4.26. The first kappa shape index (κ1) is 21.0. The molecule has 0 saturated carbocycles. The van der Waals surface area contributed by atoms with E-state index in [-0.39, 0.29) is 16.7 Å². The first-order valence-corrected chi connectivity index (χ1v) is 9.70. The Kier molecular flexibility index (Phi) is 5.81. The van der Waals surface area contributed by atoms with E-state index in [1.807, 2.05) is 30.3 Å². The van der Waals surface area contributed by atoms with Crippen molar-refractivity contribution in [1.29, 1.82) is 0 Å². The number of fused-ring (bicyclic) bond motifs is 3. The molecule has 0 unspecified atom stereocenters. The highest BCUT2D eigenvalue weighted by molar-refractivity contribution is 6.10. The third-order valence-corrected chi connectivity index (χ3v) is 4.90. The van der Waals surface area contributed by atoms with Crippen LogP contribution in [-0.2, 0) is 4.79 Å². The van der Waals surface area contributed by atoms with Gasteiger partial charge < -0.3 is 23.4 Å². The molecule has 0 amide bonds. The summed E-state index contributed by atoms with van der Waals surface area (Å²) in [5, 5.41) is 1.39. The first-order chi connectivity index (χ1) is 15.5. The number of rotatable bonds is 6. The van der Waals surface area contributed by atoms with Gasteiger partial charge in [0.05, 0.1) is 26.7 Å². The van der Waals surface area contributed by atoms with Crippen LogP contribution in [0.25, 0.3) is 27.8 Å².